The van der Waals surface area contributed by atoms with Crippen LogP contribution in [0.4, 0.5) is 5.69 Å². The first-order valence-electron chi connectivity index (χ1n) is 14.8. The van der Waals surface area contributed by atoms with E-state index in [2.05, 4.69) is 122 Å². The second-order valence-corrected chi connectivity index (χ2v) is 11.5. The van der Waals surface area contributed by atoms with Crippen LogP contribution in [0.25, 0.3) is 49.7 Å². The minimum absolute atomic E-state index is 0.0426. The monoisotopic (exact) mass is 554 g/mol. The Morgan fingerprint density at radius 2 is 1.28 bits per heavy atom. The van der Waals surface area contributed by atoms with Gasteiger partial charge in [-0.3, -0.25) is 4.79 Å². The minimum atomic E-state index is 0.0426. The summed E-state index contributed by atoms with van der Waals surface area (Å²) in [6.45, 7) is 4.84. The molecule has 1 amide bonds. The Morgan fingerprint density at radius 1 is 0.558 bits per heavy atom. The smallest absolute Gasteiger partial charge is 0.259 e. The molecule has 0 saturated carbocycles. The molecule has 8 rings (SSSR count). The molecule has 0 bridgehead atoms. The van der Waals surface area contributed by atoms with Gasteiger partial charge in [-0.2, -0.15) is 0 Å². The number of rotatable bonds is 4. The van der Waals surface area contributed by atoms with Gasteiger partial charge in [-0.1, -0.05) is 103 Å². The number of carbonyl (C=O) groups is 1. The van der Waals surface area contributed by atoms with Gasteiger partial charge in [0.15, 0.2) is 0 Å². The average molecular weight is 555 g/mol. The highest BCUT2D eigenvalue weighted by Gasteiger charge is 2.31. The van der Waals surface area contributed by atoms with E-state index in [1.807, 2.05) is 35.2 Å². The number of fused-ring (bicyclic) bond motifs is 4. The van der Waals surface area contributed by atoms with E-state index in [9.17, 15) is 4.79 Å². The Morgan fingerprint density at radius 3 is 2.09 bits per heavy atom. The van der Waals surface area contributed by atoms with Crippen LogP contribution in [0.5, 0.6) is 0 Å². The lowest BCUT2D eigenvalue weighted by atomic mass is 9.97. The second-order valence-electron chi connectivity index (χ2n) is 11.5. The van der Waals surface area contributed by atoms with Crippen molar-refractivity contribution >= 4 is 33.4 Å². The van der Waals surface area contributed by atoms with Crippen LogP contribution in [0.2, 0.25) is 0 Å². The van der Waals surface area contributed by atoms with Crippen LogP contribution < -0.4 is 4.90 Å². The van der Waals surface area contributed by atoms with Crippen LogP contribution in [0.15, 0.2) is 133 Å². The topological polar surface area (TPSA) is 25.2 Å². The molecule has 0 aliphatic carbocycles. The first kappa shape index (κ1) is 25.3. The van der Waals surface area contributed by atoms with E-state index >= 15 is 0 Å². The third kappa shape index (κ3) is 4.08. The van der Waals surface area contributed by atoms with Crippen molar-refractivity contribution in [2.45, 2.75) is 20.4 Å². The third-order valence-corrected chi connectivity index (χ3v) is 8.84. The van der Waals surface area contributed by atoms with Gasteiger partial charge < -0.3 is 9.47 Å². The molecule has 3 nitrogen and oxygen atoms in total. The first-order valence-corrected chi connectivity index (χ1v) is 14.8. The highest BCUT2D eigenvalue weighted by atomic mass is 16.2. The summed E-state index contributed by atoms with van der Waals surface area (Å²) in [6, 6.07) is 46.8. The maximum atomic E-state index is 13.8. The summed E-state index contributed by atoms with van der Waals surface area (Å²) in [4.78, 5) is 15.7. The van der Waals surface area contributed by atoms with Crippen molar-refractivity contribution in [1.82, 2.24) is 4.57 Å². The molecule has 206 valence electrons. The Labute approximate surface area is 251 Å². The maximum absolute atomic E-state index is 13.8. The lowest BCUT2D eigenvalue weighted by Gasteiger charge is -2.17. The number of aryl methyl sites for hydroxylation is 2. The summed E-state index contributed by atoms with van der Waals surface area (Å²) in [7, 11) is 0. The molecule has 0 spiro atoms. The van der Waals surface area contributed by atoms with E-state index in [1.54, 1.807) is 0 Å². The molecule has 0 N–H and O–H groups in total. The molecule has 7 aromatic rings. The second kappa shape index (κ2) is 9.85. The van der Waals surface area contributed by atoms with E-state index in [0.717, 1.165) is 39.1 Å². The summed E-state index contributed by atoms with van der Waals surface area (Å²) in [6.07, 6.45) is 0. The quantitative estimate of drug-likeness (QED) is 0.213. The van der Waals surface area contributed by atoms with Gasteiger partial charge in [0, 0.05) is 27.6 Å². The van der Waals surface area contributed by atoms with Crippen LogP contribution in [0, 0.1) is 13.8 Å². The Hall–Kier alpha value is -5.41. The summed E-state index contributed by atoms with van der Waals surface area (Å²) in [5.41, 5.74) is 13.3. The zero-order valence-electron chi connectivity index (χ0n) is 24.2. The third-order valence-electron chi connectivity index (χ3n) is 8.84. The summed E-state index contributed by atoms with van der Waals surface area (Å²) < 4.78 is 2.35. The van der Waals surface area contributed by atoms with Gasteiger partial charge in [0.1, 0.15) is 0 Å². The van der Waals surface area contributed by atoms with Gasteiger partial charge in [0.05, 0.1) is 23.3 Å². The van der Waals surface area contributed by atoms with E-state index < -0.39 is 0 Å². The Balaban J connectivity index is 1.26. The molecule has 1 aliphatic rings. The molecule has 0 fully saturated rings. The molecular weight excluding hydrogens is 524 g/mol. The highest BCUT2D eigenvalue weighted by Crippen LogP contribution is 2.39. The highest BCUT2D eigenvalue weighted by molar-refractivity contribution is 6.13. The number of benzene rings is 6. The van der Waals surface area contributed by atoms with Crippen molar-refractivity contribution in [1.29, 1.82) is 0 Å². The number of carbonyl (C=O) groups excluding carboxylic acids is 1. The number of aromatic nitrogens is 1. The molecule has 0 unspecified atom stereocenters. The lowest BCUT2D eigenvalue weighted by molar-refractivity contribution is 0.0996. The molecular formula is C40H30N2O. The van der Waals surface area contributed by atoms with Crippen LogP contribution in [-0.2, 0) is 6.54 Å². The molecule has 3 heteroatoms. The predicted octanol–water partition coefficient (Wildman–Crippen LogP) is 9.89. The molecule has 1 aromatic heterocycles. The van der Waals surface area contributed by atoms with Crippen molar-refractivity contribution in [3.8, 4) is 27.9 Å². The number of nitrogens with zero attached hydrogens (tertiary/aromatic N) is 2. The first-order chi connectivity index (χ1) is 21.1. The van der Waals surface area contributed by atoms with Crippen molar-refractivity contribution in [3.63, 3.8) is 0 Å². The lowest BCUT2D eigenvalue weighted by Crippen LogP contribution is -2.22. The van der Waals surface area contributed by atoms with E-state index in [4.69, 9.17) is 0 Å². The normalized spacial score (nSPS) is 12.8. The van der Waals surface area contributed by atoms with Crippen LogP contribution in [-0.4, -0.2) is 10.5 Å². The summed E-state index contributed by atoms with van der Waals surface area (Å²) in [5.74, 6) is 0.0426. The predicted molar refractivity (Wildman–Crippen MR) is 178 cm³/mol. The van der Waals surface area contributed by atoms with Gasteiger partial charge in [-0.15, -0.1) is 0 Å². The molecule has 0 saturated heterocycles. The molecule has 2 heterocycles. The standard InChI is InChI=1S/C40H30N2O/c1-26-15-21-32(27(2)23-26)30-18-22-34-33-11-6-7-13-37(33)42(39(34)24-30)38-14-8-12-35-36(38)25-41(40(35)43)31-19-16-29(17-20-31)28-9-4-3-5-10-28/h3-24H,25H2,1-2H3. The van der Waals surface area contributed by atoms with Crippen molar-refractivity contribution in [3.05, 3.63) is 156 Å². The number of amides is 1. The van der Waals surface area contributed by atoms with Crippen molar-refractivity contribution < 1.29 is 4.79 Å². The summed E-state index contributed by atoms with van der Waals surface area (Å²) >= 11 is 0. The number of hydrogen-bond donors (Lipinski definition) is 0. The van der Waals surface area contributed by atoms with Crippen LogP contribution in [0.1, 0.15) is 27.0 Å². The Kier molecular flexibility index (Phi) is 5.80. The van der Waals surface area contributed by atoms with Crippen molar-refractivity contribution in [2.24, 2.45) is 0 Å². The van der Waals surface area contributed by atoms with Gasteiger partial charge in [-0.25, -0.2) is 0 Å². The summed E-state index contributed by atoms with van der Waals surface area (Å²) in [5, 5.41) is 2.42. The molecule has 0 radical (unpaired) electrons. The largest absolute Gasteiger partial charge is 0.309 e. The zero-order chi connectivity index (χ0) is 29.1. The van der Waals surface area contributed by atoms with Crippen LogP contribution >= 0.6 is 0 Å². The van der Waals surface area contributed by atoms with Crippen LogP contribution in [0.3, 0.4) is 0 Å². The molecule has 43 heavy (non-hydrogen) atoms. The fourth-order valence-corrected chi connectivity index (χ4v) is 6.73. The Bertz CT molecular complexity index is 2190. The number of para-hydroxylation sites is 1. The maximum Gasteiger partial charge on any atom is 0.259 e. The fourth-order valence-electron chi connectivity index (χ4n) is 6.73. The van der Waals surface area contributed by atoms with E-state index in [-0.39, 0.29) is 5.91 Å². The van der Waals surface area contributed by atoms with Gasteiger partial charge in [0.25, 0.3) is 5.91 Å². The number of anilines is 1. The van der Waals surface area contributed by atoms with E-state index in [0.29, 0.717) is 6.54 Å². The minimum Gasteiger partial charge on any atom is -0.309 e. The molecule has 1 aliphatic heterocycles. The fraction of sp³-hybridized carbons (Fsp3) is 0.0750. The van der Waals surface area contributed by atoms with E-state index in [1.165, 1.54) is 38.6 Å². The zero-order valence-corrected chi connectivity index (χ0v) is 24.2. The van der Waals surface area contributed by atoms with Gasteiger partial charge in [-0.05, 0) is 78.1 Å². The van der Waals surface area contributed by atoms with Crippen molar-refractivity contribution in [2.75, 3.05) is 4.90 Å². The molecule has 6 aromatic carbocycles. The molecule has 0 atom stereocenters. The number of hydrogen-bond acceptors (Lipinski definition) is 1. The average Bonchev–Trinajstić information content (AvgIpc) is 3.56. The SMILES string of the molecule is Cc1ccc(-c2ccc3c4ccccc4n(-c4cccc5c4CN(c4ccc(-c6ccccc6)cc4)C5=O)c3c2)c(C)c1. The van der Waals surface area contributed by atoms with Gasteiger partial charge in [0.2, 0.25) is 0 Å². The van der Waals surface area contributed by atoms with Gasteiger partial charge >= 0.3 is 0 Å².